The van der Waals surface area contributed by atoms with Crippen molar-refractivity contribution in [3.63, 3.8) is 0 Å². The van der Waals surface area contributed by atoms with Gasteiger partial charge in [0.25, 0.3) is 0 Å². The van der Waals surface area contributed by atoms with E-state index in [-0.39, 0.29) is 12.2 Å². The van der Waals surface area contributed by atoms with Crippen molar-refractivity contribution in [2.24, 2.45) is 0 Å². The van der Waals surface area contributed by atoms with Crippen molar-refractivity contribution < 1.29 is 13.6 Å². The first kappa shape index (κ1) is 12.0. The molecule has 2 atom stereocenters. The highest BCUT2D eigenvalue weighted by Gasteiger charge is 2.26. The van der Waals surface area contributed by atoms with Gasteiger partial charge in [0.2, 0.25) is 0 Å². The molecule has 0 bridgehead atoms. The molecule has 0 aromatic carbocycles. The minimum Gasteiger partial charge on any atom is -0.116 e. The molecule has 0 saturated carbocycles. The van der Waals surface area contributed by atoms with Gasteiger partial charge in [-0.05, 0) is 26.7 Å². The largest absolute Gasteiger partial charge is 0.697 e. The van der Waals surface area contributed by atoms with E-state index >= 15 is 0 Å². The summed E-state index contributed by atoms with van der Waals surface area (Å²) < 4.78 is 21.2. The second-order valence-electron chi connectivity index (χ2n) is 2.87. The molecule has 0 aliphatic carbocycles. The lowest BCUT2D eigenvalue weighted by Crippen LogP contribution is -2.05. The Labute approximate surface area is 75.4 Å². The summed E-state index contributed by atoms with van der Waals surface area (Å²) in [7, 11) is -1.92. The molecule has 2 unspecified atom stereocenters. The van der Waals surface area contributed by atoms with E-state index < -0.39 is 8.25 Å². The molecule has 0 aliphatic rings. The molecule has 0 radical (unpaired) electrons. The average molecular weight is 193 g/mol. The van der Waals surface area contributed by atoms with E-state index in [4.69, 9.17) is 9.05 Å². The standard InChI is InChI=1S/C8H18O3P/c1-5-7(3)10-12(9)11-8(4)6-2/h7-8H,5-6H2,1-4H3/q+1. The molecule has 0 aromatic rings. The Bertz CT molecular complexity index is 124. The molecular formula is C8H18O3P+. The predicted molar refractivity (Wildman–Crippen MR) is 49.3 cm³/mol. The zero-order chi connectivity index (χ0) is 9.56. The molecule has 3 nitrogen and oxygen atoms in total. The highest BCUT2D eigenvalue weighted by molar-refractivity contribution is 7.33. The first-order chi connectivity index (χ1) is 5.60. The molecule has 72 valence electrons. The SMILES string of the molecule is CCC(C)O[P+](=O)OC(C)CC. The Hall–Kier alpha value is 0.0200. The summed E-state index contributed by atoms with van der Waals surface area (Å²) in [6, 6.07) is 0. The Balaban J connectivity index is 3.59. The molecule has 4 heteroatoms. The summed E-state index contributed by atoms with van der Waals surface area (Å²) in [6.07, 6.45) is 1.73. The first-order valence-corrected chi connectivity index (χ1v) is 5.50. The van der Waals surface area contributed by atoms with Crippen molar-refractivity contribution in [2.75, 3.05) is 0 Å². The number of rotatable bonds is 6. The third-order valence-electron chi connectivity index (χ3n) is 1.68. The van der Waals surface area contributed by atoms with Gasteiger partial charge in [0.05, 0.1) is 0 Å². The van der Waals surface area contributed by atoms with Crippen molar-refractivity contribution in [2.45, 2.75) is 52.7 Å². The van der Waals surface area contributed by atoms with Crippen LogP contribution >= 0.6 is 8.25 Å². The lowest BCUT2D eigenvalue weighted by Gasteiger charge is -2.00. The zero-order valence-corrected chi connectivity index (χ0v) is 9.14. The maximum absolute atomic E-state index is 11.1. The van der Waals surface area contributed by atoms with Crippen LogP contribution in [0.2, 0.25) is 0 Å². The van der Waals surface area contributed by atoms with E-state index in [0.717, 1.165) is 12.8 Å². The Morgan fingerprint density at radius 3 is 1.67 bits per heavy atom. The summed E-state index contributed by atoms with van der Waals surface area (Å²) in [5, 5.41) is 0. The molecule has 0 spiro atoms. The Morgan fingerprint density at radius 1 is 1.08 bits per heavy atom. The second-order valence-corrected chi connectivity index (χ2v) is 3.74. The third-order valence-corrected chi connectivity index (χ3v) is 2.75. The zero-order valence-electron chi connectivity index (χ0n) is 8.24. The summed E-state index contributed by atoms with van der Waals surface area (Å²) >= 11 is 0. The van der Waals surface area contributed by atoms with Crippen LogP contribution in [0.4, 0.5) is 0 Å². The van der Waals surface area contributed by atoms with Crippen LogP contribution in [-0.4, -0.2) is 12.2 Å². The summed E-state index contributed by atoms with van der Waals surface area (Å²) in [6.45, 7) is 7.73. The van der Waals surface area contributed by atoms with Crippen LogP contribution in [0, 0.1) is 0 Å². The van der Waals surface area contributed by atoms with Crippen LogP contribution < -0.4 is 0 Å². The molecule has 0 rings (SSSR count). The van der Waals surface area contributed by atoms with Crippen LogP contribution in [0.15, 0.2) is 0 Å². The van der Waals surface area contributed by atoms with Crippen LogP contribution in [0.3, 0.4) is 0 Å². The van der Waals surface area contributed by atoms with Crippen molar-refractivity contribution in [3.05, 3.63) is 0 Å². The van der Waals surface area contributed by atoms with Gasteiger partial charge >= 0.3 is 8.25 Å². The van der Waals surface area contributed by atoms with Gasteiger partial charge in [0.1, 0.15) is 12.2 Å². The van der Waals surface area contributed by atoms with Gasteiger partial charge in [0, 0.05) is 4.57 Å². The fourth-order valence-corrected chi connectivity index (χ4v) is 1.40. The van der Waals surface area contributed by atoms with E-state index in [1.807, 2.05) is 27.7 Å². The van der Waals surface area contributed by atoms with Gasteiger partial charge in [-0.25, -0.2) is 0 Å². The van der Waals surface area contributed by atoms with Crippen LogP contribution in [0.25, 0.3) is 0 Å². The quantitative estimate of drug-likeness (QED) is 0.607. The third kappa shape index (κ3) is 5.64. The van der Waals surface area contributed by atoms with E-state index in [9.17, 15) is 4.57 Å². The molecule has 0 aliphatic heterocycles. The van der Waals surface area contributed by atoms with Gasteiger partial charge in [-0.15, -0.1) is 9.05 Å². The summed E-state index contributed by atoms with van der Waals surface area (Å²) in [5.74, 6) is 0. The van der Waals surface area contributed by atoms with Crippen molar-refractivity contribution in [1.82, 2.24) is 0 Å². The van der Waals surface area contributed by atoms with Gasteiger partial charge in [0.15, 0.2) is 0 Å². The molecule has 0 fully saturated rings. The minimum absolute atomic E-state index is 0.0117. The minimum atomic E-state index is -1.92. The Morgan fingerprint density at radius 2 is 1.42 bits per heavy atom. The van der Waals surface area contributed by atoms with Crippen molar-refractivity contribution in [1.29, 1.82) is 0 Å². The molecule has 0 aromatic heterocycles. The van der Waals surface area contributed by atoms with Crippen molar-refractivity contribution in [3.8, 4) is 0 Å². The summed E-state index contributed by atoms with van der Waals surface area (Å²) in [4.78, 5) is 0. The van der Waals surface area contributed by atoms with Crippen LogP contribution in [0.1, 0.15) is 40.5 Å². The topological polar surface area (TPSA) is 35.5 Å². The normalized spacial score (nSPS) is 17.2. The van der Waals surface area contributed by atoms with Crippen LogP contribution in [0.5, 0.6) is 0 Å². The second kappa shape index (κ2) is 6.53. The number of hydrogen-bond acceptors (Lipinski definition) is 3. The lowest BCUT2D eigenvalue weighted by molar-refractivity contribution is 0.141. The van der Waals surface area contributed by atoms with Gasteiger partial charge < -0.3 is 0 Å². The first-order valence-electron chi connectivity index (χ1n) is 4.40. The van der Waals surface area contributed by atoms with Crippen molar-refractivity contribution >= 4 is 8.25 Å². The predicted octanol–water partition coefficient (Wildman–Crippen LogP) is 3.27. The van der Waals surface area contributed by atoms with E-state index in [2.05, 4.69) is 0 Å². The van der Waals surface area contributed by atoms with E-state index in [0.29, 0.717) is 0 Å². The molecule has 0 N–H and O–H groups in total. The van der Waals surface area contributed by atoms with Gasteiger partial charge in [-0.2, -0.15) is 0 Å². The molecule has 0 heterocycles. The summed E-state index contributed by atoms with van der Waals surface area (Å²) in [5.41, 5.74) is 0. The monoisotopic (exact) mass is 193 g/mol. The van der Waals surface area contributed by atoms with E-state index in [1.165, 1.54) is 0 Å². The maximum Gasteiger partial charge on any atom is 0.697 e. The lowest BCUT2D eigenvalue weighted by atomic mass is 10.3. The number of hydrogen-bond donors (Lipinski definition) is 0. The van der Waals surface area contributed by atoms with Crippen LogP contribution in [-0.2, 0) is 13.6 Å². The fourth-order valence-electron chi connectivity index (χ4n) is 0.468. The van der Waals surface area contributed by atoms with E-state index in [1.54, 1.807) is 0 Å². The maximum atomic E-state index is 11.1. The van der Waals surface area contributed by atoms with Gasteiger partial charge in [-0.3, -0.25) is 0 Å². The molecular weight excluding hydrogens is 175 g/mol. The van der Waals surface area contributed by atoms with Gasteiger partial charge in [-0.1, -0.05) is 13.8 Å². The molecule has 0 saturated heterocycles. The Kier molecular flexibility index (Phi) is 6.54. The average Bonchev–Trinajstić information content (AvgIpc) is 2.03. The fraction of sp³-hybridized carbons (Fsp3) is 1.00. The smallest absolute Gasteiger partial charge is 0.116 e. The highest BCUT2D eigenvalue weighted by atomic mass is 31.1. The highest BCUT2D eigenvalue weighted by Crippen LogP contribution is 2.29. The molecule has 12 heavy (non-hydrogen) atoms. The molecule has 0 amide bonds.